The minimum absolute atomic E-state index is 0.159. The number of benzene rings is 1. The Labute approximate surface area is 146 Å². The van der Waals surface area contributed by atoms with E-state index in [2.05, 4.69) is 0 Å². The molecule has 0 amide bonds. The minimum atomic E-state index is -0.753. The number of thiophene rings is 1. The number of esters is 1. The summed E-state index contributed by atoms with van der Waals surface area (Å²) in [6.07, 6.45) is 2.29. The van der Waals surface area contributed by atoms with Crippen LogP contribution in [-0.2, 0) is 14.3 Å². The second-order valence-electron chi connectivity index (χ2n) is 6.00. The molecule has 0 unspecified atom stereocenters. The van der Waals surface area contributed by atoms with Crippen molar-refractivity contribution in [1.82, 2.24) is 0 Å². The second-order valence-corrected chi connectivity index (χ2v) is 6.95. The molecule has 2 atom stereocenters. The smallest absolute Gasteiger partial charge is 0.317 e. The summed E-state index contributed by atoms with van der Waals surface area (Å²) in [6, 6.07) is 12.0. The lowest BCUT2D eigenvalue weighted by atomic mass is 9.74. The molecule has 0 saturated carbocycles. The Bertz CT molecular complexity index is 757. The van der Waals surface area contributed by atoms with Crippen LogP contribution in [0.1, 0.15) is 35.3 Å². The summed E-state index contributed by atoms with van der Waals surface area (Å²) in [5.41, 5.74) is 3.16. The van der Waals surface area contributed by atoms with Crippen LogP contribution in [0.5, 0.6) is 0 Å². The Hall–Kier alpha value is -2.20. The molecule has 1 aromatic heterocycles. The fraction of sp³-hybridized carbons (Fsp3) is 0.300. The molecular weight excluding hydrogens is 320 g/mol. The molecule has 3 nitrogen and oxygen atoms in total. The molecule has 4 heteroatoms. The highest BCUT2D eigenvalue weighted by Gasteiger charge is 2.39. The molecule has 1 heterocycles. The maximum Gasteiger partial charge on any atom is 0.317 e. The van der Waals surface area contributed by atoms with Crippen molar-refractivity contribution in [3.8, 4) is 0 Å². The lowest BCUT2D eigenvalue weighted by Crippen LogP contribution is -2.33. The summed E-state index contributed by atoms with van der Waals surface area (Å²) in [4.78, 5) is 26.2. The topological polar surface area (TPSA) is 43.4 Å². The van der Waals surface area contributed by atoms with Gasteiger partial charge in [-0.1, -0.05) is 35.9 Å². The summed E-state index contributed by atoms with van der Waals surface area (Å²) >= 11 is 1.61. The van der Waals surface area contributed by atoms with Gasteiger partial charge in [-0.05, 0) is 48.9 Å². The summed E-state index contributed by atoms with van der Waals surface area (Å²) < 4.78 is 5.17. The third kappa shape index (κ3) is 3.34. The Morgan fingerprint density at radius 2 is 2.00 bits per heavy atom. The molecule has 1 aliphatic rings. The monoisotopic (exact) mass is 340 g/mol. The SMILES string of the molecule is CCOC(=O)[C@@H]1C(=O)C=C(c2cccs2)C[C@@H]1c1ccc(C)cc1. The number of hydrogen-bond donors (Lipinski definition) is 0. The molecule has 1 aliphatic carbocycles. The van der Waals surface area contributed by atoms with Crippen molar-refractivity contribution in [3.05, 3.63) is 63.9 Å². The van der Waals surface area contributed by atoms with Crippen LogP contribution in [0.25, 0.3) is 5.57 Å². The number of hydrogen-bond acceptors (Lipinski definition) is 4. The molecule has 0 radical (unpaired) electrons. The Morgan fingerprint density at radius 3 is 2.62 bits per heavy atom. The van der Waals surface area contributed by atoms with Crippen LogP contribution in [0.15, 0.2) is 47.9 Å². The van der Waals surface area contributed by atoms with E-state index in [1.807, 2.05) is 48.7 Å². The fourth-order valence-corrected chi connectivity index (χ4v) is 3.90. The van der Waals surface area contributed by atoms with Crippen molar-refractivity contribution in [2.45, 2.75) is 26.2 Å². The molecule has 0 bridgehead atoms. The predicted molar refractivity (Wildman–Crippen MR) is 96.0 cm³/mol. The van der Waals surface area contributed by atoms with Crippen LogP contribution in [-0.4, -0.2) is 18.4 Å². The van der Waals surface area contributed by atoms with Crippen molar-refractivity contribution in [1.29, 1.82) is 0 Å². The van der Waals surface area contributed by atoms with Gasteiger partial charge in [0.2, 0.25) is 0 Å². The van der Waals surface area contributed by atoms with Gasteiger partial charge in [0.1, 0.15) is 5.92 Å². The predicted octanol–water partition coefficient (Wildman–Crippen LogP) is 4.38. The fourth-order valence-electron chi connectivity index (χ4n) is 3.14. The maximum absolute atomic E-state index is 12.7. The number of aryl methyl sites for hydroxylation is 1. The maximum atomic E-state index is 12.7. The Morgan fingerprint density at radius 1 is 1.25 bits per heavy atom. The number of carbonyl (C=O) groups is 2. The van der Waals surface area contributed by atoms with Crippen LogP contribution < -0.4 is 0 Å². The van der Waals surface area contributed by atoms with E-state index in [0.29, 0.717) is 6.42 Å². The van der Waals surface area contributed by atoms with Gasteiger partial charge in [0.15, 0.2) is 5.78 Å². The van der Waals surface area contributed by atoms with Gasteiger partial charge in [-0.2, -0.15) is 0 Å². The Kier molecular flexibility index (Phi) is 4.95. The van der Waals surface area contributed by atoms with E-state index >= 15 is 0 Å². The molecule has 0 fully saturated rings. The first-order valence-electron chi connectivity index (χ1n) is 8.11. The third-order valence-corrected chi connectivity index (χ3v) is 5.29. The normalized spacial score (nSPS) is 20.6. The number of allylic oxidation sites excluding steroid dienone is 2. The van der Waals surface area contributed by atoms with Crippen LogP contribution in [0.3, 0.4) is 0 Å². The number of ketones is 1. The number of carbonyl (C=O) groups excluding carboxylic acids is 2. The standard InChI is InChI=1S/C20H20O3S/c1-3-23-20(22)19-16(14-8-6-13(2)7-9-14)11-15(12-17(19)21)18-5-4-10-24-18/h4-10,12,16,19H,3,11H2,1-2H3/t16-,19+/m1/s1. The second kappa shape index (κ2) is 7.14. The van der Waals surface area contributed by atoms with Crippen molar-refractivity contribution in [3.63, 3.8) is 0 Å². The van der Waals surface area contributed by atoms with Crippen molar-refractivity contribution in [2.75, 3.05) is 6.61 Å². The molecule has 3 rings (SSSR count). The van der Waals surface area contributed by atoms with Crippen molar-refractivity contribution < 1.29 is 14.3 Å². The van der Waals surface area contributed by atoms with Crippen LogP contribution in [0, 0.1) is 12.8 Å². The van der Waals surface area contributed by atoms with Crippen molar-refractivity contribution >= 4 is 28.7 Å². The van der Waals surface area contributed by atoms with E-state index in [1.54, 1.807) is 24.3 Å². The first-order chi connectivity index (χ1) is 11.6. The Balaban J connectivity index is 2.00. The molecule has 2 aromatic rings. The zero-order valence-corrected chi connectivity index (χ0v) is 14.6. The van der Waals surface area contributed by atoms with E-state index in [0.717, 1.165) is 21.6 Å². The summed E-state index contributed by atoms with van der Waals surface area (Å²) in [5.74, 6) is -1.51. The average molecular weight is 340 g/mol. The van der Waals surface area contributed by atoms with E-state index in [1.165, 1.54) is 0 Å². The van der Waals surface area contributed by atoms with Gasteiger partial charge in [-0.3, -0.25) is 9.59 Å². The van der Waals surface area contributed by atoms with E-state index in [4.69, 9.17) is 4.74 Å². The molecule has 0 saturated heterocycles. The average Bonchev–Trinajstić information content (AvgIpc) is 3.09. The highest BCUT2D eigenvalue weighted by atomic mass is 32.1. The lowest BCUT2D eigenvalue weighted by molar-refractivity contribution is -0.151. The van der Waals surface area contributed by atoms with E-state index in [-0.39, 0.29) is 18.3 Å². The first-order valence-corrected chi connectivity index (χ1v) is 8.99. The highest BCUT2D eigenvalue weighted by molar-refractivity contribution is 7.11. The van der Waals surface area contributed by atoms with Crippen LogP contribution in [0.2, 0.25) is 0 Å². The van der Waals surface area contributed by atoms with Crippen LogP contribution >= 0.6 is 11.3 Å². The van der Waals surface area contributed by atoms with Gasteiger partial charge in [-0.15, -0.1) is 11.3 Å². The number of rotatable bonds is 4. The van der Waals surface area contributed by atoms with E-state index < -0.39 is 11.9 Å². The molecule has 24 heavy (non-hydrogen) atoms. The van der Waals surface area contributed by atoms with Crippen LogP contribution in [0.4, 0.5) is 0 Å². The minimum Gasteiger partial charge on any atom is -0.465 e. The summed E-state index contributed by atoms with van der Waals surface area (Å²) in [7, 11) is 0. The van der Waals surface area contributed by atoms with Crippen molar-refractivity contribution in [2.24, 2.45) is 5.92 Å². The van der Waals surface area contributed by atoms with Gasteiger partial charge in [-0.25, -0.2) is 0 Å². The van der Waals surface area contributed by atoms with Gasteiger partial charge in [0.25, 0.3) is 0 Å². The first kappa shape index (κ1) is 16.7. The van der Waals surface area contributed by atoms with Gasteiger partial charge >= 0.3 is 5.97 Å². The third-order valence-electron chi connectivity index (χ3n) is 4.35. The molecule has 0 N–H and O–H groups in total. The van der Waals surface area contributed by atoms with Gasteiger partial charge in [0, 0.05) is 10.8 Å². The summed E-state index contributed by atoms with van der Waals surface area (Å²) in [5, 5.41) is 2.00. The molecular formula is C20H20O3S. The van der Waals surface area contributed by atoms with E-state index in [9.17, 15) is 9.59 Å². The molecule has 0 aliphatic heterocycles. The lowest BCUT2D eigenvalue weighted by Gasteiger charge is -2.29. The van der Waals surface area contributed by atoms with Gasteiger partial charge in [0.05, 0.1) is 6.61 Å². The molecule has 0 spiro atoms. The largest absolute Gasteiger partial charge is 0.465 e. The highest BCUT2D eigenvalue weighted by Crippen LogP contribution is 2.41. The molecule has 124 valence electrons. The zero-order chi connectivity index (χ0) is 17.1. The van der Waals surface area contributed by atoms with Gasteiger partial charge < -0.3 is 4.74 Å². The zero-order valence-electron chi connectivity index (χ0n) is 13.8. The quantitative estimate of drug-likeness (QED) is 0.613. The number of ether oxygens (including phenoxy) is 1. The molecule has 1 aromatic carbocycles. The summed E-state index contributed by atoms with van der Waals surface area (Å²) in [6.45, 7) is 4.07.